The minimum atomic E-state index is -0.875. The second kappa shape index (κ2) is 7.23. The first kappa shape index (κ1) is 16.4. The monoisotopic (exact) mass is 291 g/mol. The summed E-state index contributed by atoms with van der Waals surface area (Å²) < 4.78 is 4.57. The molecule has 2 N–H and O–H groups in total. The number of hydrogen-bond acceptors (Lipinski definition) is 5. The topological polar surface area (TPSA) is 92.7 Å². The Bertz CT molecular complexity index is 572. The smallest absolute Gasteiger partial charge is 0.354 e. The molecule has 0 heterocycles. The van der Waals surface area contributed by atoms with E-state index in [1.54, 1.807) is 26.0 Å². The molecule has 0 radical (unpaired) electrons. The molecule has 0 fully saturated rings. The Hall–Kier alpha value is -2.63. The number of carbonyl (C=O) groups is 3. The number of nitrogens with one attached hydrogen (secondary N) is 1. The highest BCUT2D eigenvalue weighted by atomic mass is 16.5. The fourth-order valence-corrected chi connectivity index (χ4v) is 1.44. The standard InChI is InChI=1S/C15H17NO5/c1-9(2)13(18)14(19)16-12(15(20)21-3)8-10-4-6-11(17)7-5-10/h4-9,17H,1-3H3,(H,16,19)/b12-8-. The van der Waals surface area contributed by atoms with E-state index in [0.717, 1.165) is 0 Å². The minimum absolute atomic E-state index is 0.0748. The second-order valence-corrected chi connectivity index (χ2v) is 4.61. The van der Waals surface area contributed by atoms with Crippen LogP contribution in [-0.2, 0) is 19.1 Å². The number of ether oxygens (including phenoxy) is 1. The molecule has 1 aromatic carbocycles. The van der Waals surface area contributed by atoms with E-state index in [1.807, 2.05) is 0 Å². The molecule has 21 heavy (non-hydrogen) atoms. The van der Waals surface area contributed by atoms with Crippen LogP contribution in [0.4, 0.5) is 0 Å². The van der Waals surface area contributed by atoms with Gasteiger partial charge in [-0.25, -0.2) is 4.79 Å². The molecule has 0 aromatic heterocycles. The average Bonchev–Trinajstić information content (AvgIpc) is 2.46. The van der Waals surface area contributed by atoms with Crippen molar-refractivity contribution in [2.75, 3.05) is 7.11 Å². The Labute approximate surface area is 122 Å². The molecule has 0 saturated heterocycles. The predicted octanol–water partition coefficient (Wildman–Crippen LogP) is 1.25. The number of ketones is 1. The molecule has 0 bridgehead atoms. The van der Waals surface area contributed by atoms with Gasteiger partial charge in [0.1, 0.15) is 11.4 Å². The summed E-state index contributed by atoms with van der Waals surface area (Å²) in [5.74, 6) is -2.67. The van der Waals surface area contributed by atoms with Crippen molar-refractivity contribution < 1.29 is 24.2 Å². The van der Waals surface area contributed by atoms with Crippen LogP contribution in [0.15, 0.2) is 30.0 Å². The average molecular weight is 291 g/mol. The summed E-state index contributed by atoms with van der Waals surface area (Å²) in [4.78, 5) is 34.9. The molecule has 0 atom stereocenters. The Morgan fingerprint density at radius 1 is 1.19 bits per heavy atom. The van der Waals surface area contributed by atoms with Gasteiger partial charge in [0, 0.05) is 5.92 Å². The lowest BCUT2D eigenvalue weighted by molar-refractivity contribution is -0.141. The van der Waals surface area contributed by atoms with Crippen LogP contribution in [0.5, 0.6) is 5.75 Å². The van der Waals surface area contributed by atoms with E-state index in [9.17, 15) is 19.5 Å². The first-order valence-electron chi connectivity index (χ1n) is 6.29. The number of methoxy groups -OCH3 is 1. The van der Waals surface area contributed by atoms with Crippen molar-refractivity contribution >= 4 is 23.7 Å². The maximum atomic E-state index is 11.7. The van der Waals surface area contributed by atoms with Crippen LogP contribution in [0.3, 0.4) is 0 Å². The zero-order chi connectivity index (χ0) is 16.0. The lowest BCUT2D eigenvalue weighted by Gasteiger charge is -2.09. The fourth-order valence-electron chi connectivity index (χ4n) is 1.44. The van der Waals surface area contributed by atoms with Crippen LogP contribution >= 0.6 is 0 Å². The molecule has 0 aliphatic rings. The van der Waals surface area contributed by atoms with Crippen LogP contribution in [0, 0.1) is 5.92 Å². The number of amides is 1. The van der Waals surface area contributed by atoms with Crippen molar-refractivity contribution in [1.82, 2.24) is 5.32 Å². The second-order valence-electron chi connectivity index (χ2n) is 4.61. The van der Waals surface area contributed by atoms with Gasteiger partial charge < -0.3 is 15.2 Å². The summed E-state index contributed by atoms with van der Waals surface area (Å²) in [6.45, 7) is 3.17. The normalized spacial score (nSPS) is 11.1. The van der Waals surface area contributed by atoms with E-state index in [0.29, 0.717) is 5.56 Å². The van der Waals surface area contributed by atoms with Crippen molar-refractivity contribution in [3.63, 3.8) is 0 Å². The lowest BCUT2D eigenvalue weighted by Crippen LogP contribution is -2.35. The first-order chi connectivity index (χ1) is 9.85. The van der Waals surface area contributed by atoms with E-state index < -0.39 is 23.6 Å². The van der Waals surface area contributed by atoms with Gasteiger partial charge in [0.05, 0.1) is 7.11 Å². The molecule has 1 amide bonds. The summed E-state index contributed by atoms with van der Waals surface area (Å²) >= 11 is 0. The van der Waals surface area contributed by atoms with Gasteiger partial charge in [-0.1, -0.05) is 26.0 Å². The van der Waals surface area contributed by atoms with Gasteiger partial charge in [0.2, 0.25) is 5.78 Å². The van der Waals surface area contributed by atoms with Crippen LogP contribution in [0.2, 0.25) is 0 Å². The van der Waals surface area contributed by atoms with E-state index in [-0.39, 0.29) is 11.4 Å². The molecular formula is C15H17NO5. The van der Waals surface area contributed by atoms with Gasteiger partial charge in [-0.05, 0) is 23.8 Å². The van der Waals surface area contributed by atoms with Gasteiger partial charge in [-0.2, -0.15) is 0 Å². The molecular weight excluding hydrogens is 274 g/mol. The Balaban J connectivity index is 3.01. The molecule has 0 spiro atoms. The quantitative estimate of drug-likeness (QED) is 0.484. The minimum Gasteiger partial charge on any atom is -0.508 e. The molecule has 0 unspecified atom stereocenters. The molecule has 6 heteroatoms. The number of hydrogen-bond donors (Lipinski definition) is 2. The van der Waals surface area contributed by atoms with E-state index in [4.69, 9.17) is 0 Å². The van der Waals surface area contributed by atoms with E-state index in [2.05, 4.69) is 10.1 Å². The molecule has 0 aliphatic heterocycles. The highest BCUT2D eigenvalue weighted by Crippen LogP contribution is 2.12. The third-order valence-electron chi connectivity index (χ3n) is 2.61. The van der Waals surface area contributed by atoms with E-state index in [1.165, 1.54) is 25.3 Å². The highest BCUT2D eigenvalue weighted by molar-refractivity contribution is 6.37. The van der Waals surface area contributed by atoms with Crippen LogP contribution in [0.25, 0.3) is 6.08 Å². The summed E-state index contributed by atoms with van der Waals surface area (Å²) in [5.41, 5.74) is 0.410. The summed E-state index contributed by atoms with van der Waals surface area (Å²) in [6, 6.07) is 5.97. The van der Waals surface area contributed by atoms with E-state index >= 15 is 0 Å². The van der Waals surface area contributed by atoms with Crippen molar-refractivity contribution in [2.24, 2.45) is 5.92 Å². The summed E-state index contributed by atoms with van der Waals surface area (Å²) in [6.07, 6.45) is 1.36. The number of carbonyl (C=O) groups excluding carboxylic acids is 3. The zero-order valence-electron chi connectivity index (χ0n) is 12.0. The van der Waals surface area contributed by atoms with Crippen molar-refractivity contribution in [2.45, 2.75) is 13.8 Å². The van der Waals surface area contributed by atoms with Gasteiger partial charge in [0.25, 0.3) is 5.91 Å². The molecule has 112 valence electrons. The predicted molar refractivity (Wildman–Crippen MR) is 76.1 cm³/mol. The number of phenolic OH excluding ortho intramolecular Hbond substituents is 1. The largest absolute Gasteiger partial charge is 0.508 e. The summed E-state index contributed by atoms with van der Waals surface area (Å²) in [7, 11) is 1.17. The molecule has 1 rings (SSSR count). The van der Waals surface area contributed by atoms with Crippen LogP contribution < -0.4 is 5.32 Å². The number of Topliss-reactive ketones (excluding diaryl/α,β-unsaturated/α-hetero) is 1. The molecule has 0 saturated carbocycles. The summed E-state index contributed by atoms with van der Waals surface area (Å²) in [5, 5.41) is 11.4. The fraction of sp³-hybridized carbons (Fsp3) is 0.267. The Morgan fingerprint density at radius 2 is 1.76 bits per heavy atom. The number of aromatic hydroxyl groups is 1. The maximum Gasteiger partial charge on any atom is 0.354 e. The Kier molecular flexibility index (Phi) is 5.66. The van der Waals surface area contributed by atoms with Gasteiger partial charge in [-0.15, -0.1) is 0 Å². The molecule has 1 aromatic rings. The third-order valence-corrected chi connectivity index (χ3v) is 2.61. The highest BCUT2D eigenvalue weighted by Gasteiger charge is 2.21. The van der Waals surface area contributed by atoms with Gasteiger partial charge in [0.15, 0.2) is 0 Å². The number of esters is 1. The lowest BCUT2D eigenvalue weighted by atomic mass is 10.1. The molecule has 6 nitrogen and oxygen atoms in total. The van der Waals surface area contributed by atoms with Crippen LogP contribution in [-0.4, -0.2) is 29.9 Å². The van der Waals surface area contributed by atoms with Crippen molar-refractivity contribution in [3.05, 3.63) is 35.5 Å². The Morgan fingerprint density at radius 3 is 2.24 bits per heavy atom. The number of phenols is 1. The van der Waals surface area contributed by atoms with Gasteiger partial charge in [-0.3, -0.25) is 9.59 Å². The zero-order valence-corrected chi connectivity index (χ0v) is 12.0. The van der Waals surface area contributed by atoms with Crippen molar-refractivity contribution in [1.29, 1.82) is 0 Å². The SMILES string of the molecule is COC(=O)/C(=C/c1ccc(O)cc1)NC(=O)C(=O)C(C)C. The third kappa shape index (κ3) is 4.76. The van der Waals surface area contributed by atoms with Crippen molar-refractivity contribution in [3.8, 4) is 5.75 Å². The van der Waals surface area contributed by atoms with Crippen LogP contribution in [0.1, 0.15) is 19.4 Å². The van der Waals surface area contributed by atoms with Gasteiger partial charge >= 0.3 is 5.97 Å². The number of benzene rings is 1. The number of rotatable bonds is 5. The first-order valence-corrected chi connectivity index (χ1v) is 6.29. The maximum absolute atomic E-state index is 11.7. The molecule has 0 aliphatic carbocycles.